The van der Waals surface area contributed by atoms with Gasteiger partial charge in [0.15, 0.2) is 17.3 Å². The summed E-state index contributed by atoms with van der Waals surface area (Å²) in [5, 5.41) is 2.53. The molecule has 1 amide bonds. The van der Waals surface area contributed by atoms with E-state index < -0.39 is 39.3 Å². The van der Waals surface area contributed by atoms with E-state index in [4.69, 9.17) is 13.9 Å². The van der Waals surface area contributed by atoms with Crippen LogP contribution in [0, 0.1) is 11.6 Å². The molecule has 2 aromatic carbocycles. The number of sulfonamides is 1. The van der Waals surface area contributed by atoms with Crippen LogP contribution >= 0.6 is 0 Å². The maximum Gasteiger partial charge on any atom is 0.399 e. The maximum atomic E-state index is 14.2. The number of carbonyl (C=O) groups is 1. The number of nitrogens with zero attached hydrogens (tertiary/aromatic N) is 1. The predicted octanol–water partition coefficient (Wildman–Crippen LogP) is 4.39. The van der Waals surface area contributed by atoms with Crippen molar-refractivity contribution in [2.75, 3.05) is 11.0 Å². The van der Waals surface area contributed by atoms with Crippen LogP contribution in [-0.2, 0) is 10.0 Å². The van der Waals surface area contributed by atoms with Gasteiger partial charge in [-0.2, -0.15) is 4.98 Å². The van der Waals surface area contributed by atoms with Crippen molar-refractivity contribution in [3.63, 3.8) is 0 Å². The Labute approximate surface area is 195 Å². The predicted molar refractivity (Wildman–Crippen MR) is 119 cm³/mol. The Balaban J connectivity index is 1.68. The molecule has 1 aromatic heterocycles. The minimum absolute atomic E-state index is 0.0247. The van der Waals surface area contributed by atoms with Crippen LogP contribution in [0.25, 0.3) is 0 Å². The summed E-state index contributed by atoms with van der Waals surface area (Å²) >= 11 is 0. The van der Waals surface area contributed by atoms with Gasteiger partial charge in [-0.1, -0.05) is 6.07 Å². The van der Waals surface area contributed by atoms with Crippen molar-refractivity contribution in [3.8, 4) is 17.6 Å². The molecule has 0 fully saturated rings. The molecule has 1 atom stereocenters. The van der Waals surface area contributed by atoms with Gasteiger partial charge >= 0.3 is 6.08 Å². The number of amides is 1. The highest BCUT2D eigenvalue weighted by Crippen LogP contribution is 2.27. The highest BCUT2D eigenvalue weighted by atomic mass is 32.2. The van der Waals surface area contributed by atoms with Gasteiger partial charge in [-0.15, -0.1) is 0 Å². The second kappa shape index (κ2) is 10.1. The largest absolute Gasteiger partial charge is 0.491 e. The lowest BCUT2D eigenvalue weighted by Gasteiger charge is -2.15. The summed E-state index contributed by atoms with van der Waals surface area (Å²) in [4.78, 5) is 16.5. The van der Waals surface area contributed by atoms with Gasteiger partial charge in [0.25, 0.3) is 5.91 Å². The van der Waals surface area contributed by atoms with Crippen LogP contribution in [0.4, 0.5) is 14.5 Å². The van der Waals surface area contributed by atoms with Gasteiger partial charge in [0.2, 0.25) is 10.0 Å². The van der Waals surface area contributed by atoms with Crippen LogP contribution in [-0.4, -0.2) is 31.7 Å². The van der Waals surface area contributed by atoms with E-state index in [2.05, 4.69) is 10.3 Å². The minimum Gasteiger partial charge on any atom is -0.491 e. The number of anilines is 1. The topological polar surface area (TPSA) is 120 Å². The average molecular weight is 496 g/mol. The molecule has 0 saturated carbocycles. The summed E-state index contributed by atoms with van der Waals surface area (Å²) in [6.07, 6.45) is 1.64. The van der Waals surface area contributed by atoms with Gasteiger partial charge in [-0.3, -0.25) is 9.52 Å². The normalized spacial score (nSPS) is 12.3. The standard InChI is InChI=1S/C22H23F2N3O6S/c1-12(2)32-15-6-5-7-16(10-15)33-22-26-19(11-31-22)21(28)25-13(3)14-8-17(23)20(18(24)9-14)27-34(4,29)30/h5-13,27H,1-4H3,(H,25,28). The summed E-state index contributed by atoms with van der Waals surface area (Å²) in [6, 6.07) is 7.78. The van der Waals surface area contributed by atoms with Gasteiger partial charge in [0.05, 0.1) is 18.4 Å². The van der Waals surface area contributed by atoms with Crippen molar-refractivity contribution in [2.45, 2.75) is 32.9 Å². The number of hydrogen-bond acceptors (Lipinski definition) is 7. The van der Waals surface area contributed by atoms with E-state index in [-0.39, 0.29) is 23.4 Å². The average Bonchev–Trinajstić information content (AvgIpc) is 3.18. The molecular weight excluding hydrogens is 472 g/mol. The van der Waals surface area contributed by atoms with Crippen molar-refractivity contribution >= 4 is 21.6 Å². The SMILES string of the molecule is CC(C)Oc1cccc(Oc2nc(C(=O)NC(C)c3cc(F)c(NS(C)(=O)=O)c(F)c3)co2)c1. The van der Waals surface area contributed by atoms with E-state index in [0.717, 1.165) is 24.7 Å². The first-order valence-electron chi connectivity index (χ1n) is 10.1. The monoisotopic (exact) mass is 495 g/mol. The zero-order valence-corrected chi connectivity index (χ0v) is 19.6. The van der Waals surface area contributed by atoms with Gasteiger partial charge in [-0.05, 0) is 50.6 Å². The fraction of sp³-hybridized carbons (Fsp3) is 0.273. The molecule has 0 saturated heterocycles. The Morgan fingerprint density at radius 2 is 1.74 bits per heavy atom. The van der Waals surface area contributed by atoms with Gasteiger partial charge in [-0.25, -0.2) is 17.2 Å². The summed E-state index contributed by atoms with van der Waals surface area (Å²) in [5.74, 6) is -1.95. The third-order valence-corrected chi connectivity index (χ3v) is 4.87. The highest BCUT2D eigenvalue weighted by Gasteiger charge is 2.20. The smallest absolute Gasteiger partial charge is 0.399 e. The number of hydrogen-bond donors (Lipinski definition) is 2. The third-order valence-electron chi connectivity index (χ3n) is 4.30. The molecule has 0 aliphatic carbocycles. The number of benzene rings is 2. The molecule has 9 nitrogen and oxygen atoms in total. The summed E-state index contributed by atoms with van der Waals surface area (Å²) in [6.45, 7) is 5.27. The first kappa shape index (κ1) is 25.0. The zero-order chi connectivity index (χ0) is 25.0. The molecule has 182 valence electrons. The van der Waals surface area contributed by atoms with Crippen LogP contribution in [0.2, 0.25) is 0 Å². The van der Waals surface area contributed by atoms with Crippen LogP contribution in [0.15, 0.2) is 47.1 Å². The fourth-order valence-corrected chi connectivity index (χ4v) is 3.44. The van der Waals surface area contributed by atoms with Crippen LogP contribution in [0.1, 0.15) is 42.9 Å². The molecule has 0 aliphatic rings. The molecule has 34 heavy (non-hydrogen) atoms. The minimum atomic E-state index is -3.88. The van der Waals surface area contributed by atoms with E-state index in [1.54, 1.807) is 29.0 Å². The molecule has 2 N–H and O–H groups in total. The molecule has 1 heterocycles. The molecule has 0 spiro atoms. The molecule has 1 unspecified atom stereocenters. The number of oxazole rings is 1. The number of ether oxygens (including phenoxy) is 2. The van der Waals surface area contributed by atoms with E-state index in [1.807, 2.05) is 13.8 Å². The zero-order valence-electron chi connectivity index (χ0n) is 18.8. The molecule has 3 rings (SSSR count). The van der Waals surface area contributed by atoms with Crippen LogP contribution < -0.4 is 19.5 Å². The Hall–Kier alpha value is -3.67. The molecule has 0 radical (unpaired) electrons. The number of aromatic nitrogens is 1. The molecule has 0 aliphatic heterocycles. The molecule has 3 aromatic rings. The van der Waals surface area contributed by atoms with E-state index in [1.165, 1.54) is 6.92 Å². The third kappa shape index (κ3) is 6.67. The molecule has 12 heteroatoms. The van der Waals surface area contributed by atoms with Crippen molar-refractivity contribution < 1.29 is 35.9 Å². The first-order valence-corrected chi connectivity index (χ1v) is 12.0. The first-order chi connectivity index (χ1) is 15.9. The number of rotatable bonds is 9. The summed E-state index contributed by atoms with van der Waals surface area (Å²) in [5.41, 5.74) is -0.844. The molecular formula is C22H23F2N3O6S. The van der Waals surface area contributed by atoms with Crippen molar-refractivity contribution in [3.05, 3.63) is 65.6 Å². The van der Waals surface area contributed by atoms with Gasteiger partial charge in [0.1, 0.15) is 23.4 Å². The lowest BCUT2D eigenvalue weighted by Crippen LogP contribution is -2.27. The second-order valence-electron chi connectivity index (χ2n) is 7.67. The number of halogens is 2. The Kier molecular flexibility index (Phi) is 7.40. The quantitative estimate of drug-likeness (QED) is 0.452. The van der Waals surface area contributed by atoms with Crippen LogP contribution in [0.5, 0.6) is 17.6 Å². The van der Waals surface area contributed by atoms with Crippen molar-refractivity contribution in [1.29, 1.82) is 0 Å². The lowest BCUT2D eigenvalue weighted by atomic mass is 10.1. The number of carbonyl (C=O) groups excluding carboxylic acids is 1. The van der Waals surface area contributed by atoms with Crippen molar-refractivity contribution in [2.24, 2.45) is 0 Å². The van der Waals surface area contributed by atoms with E-state index >= 15 is 0 Å². The fourth-order valence-electron chi connectivity index (χ4n) is 2.87. The highest BCUT2D eigenvalue weighted by molar-refractivity contribution is 7.92. The van der Waals surface area contributed by atoms with Crippen LogP contribution in [0.3, 0.4) is 0 Å². The second-order valence-corrected chi connectivity index (χ2v) is 9.42. The summed E-state index contributed by atoms with van der Waals surface area (Å²) in [7, 11) is -3.88. The Morgan fingerprint density at radius 1 is 1.09 bits per heavy atom. The molecule has 0 bridgehead atoms. The maximum absolute atomic E-state index is 14.2. The Morgan fingerprint density at radius 3 is 2.35 bits per heavy atom. The van der Waals surface area contributed by atoms with Crippen molar-refractivity contribution in [1.82, 2.24) is 10.3 Å². The van der Waals surface area contributed by atoms with Gasteiger partial charge < -0.3 is 19.2 Å². The van der Waals surface area contributed by atoms with E-state index in [9.17, 15) is 22.0 Å². The number of nitrogens with one attached hydrogen (secondary N) is 2. The lowest BCUT2D eigenvalue weighted by molar-refractivity contribution is 0.0934. The summed E-state index contributed by atoms with van der Waals surface area (Å²) < 4.78 is 69.1. The Bertz CT molecular complexity index is 1270. The van der Waals surface area contributed by atoms with E-state index in [0.29, 0.717) is 11.5 Å². The van der Waals surface area contributed by atoms with Gasteiger partial charge in [0, 0.05) is 6.07 Å².